The predicted molar refractivity (Wildman–Crippen MR) is 117 cm³/mol. The molecule has 0 radical (unpaired) electrons. The van der Waals surface area contributed by atoms with Crippen LogP contribution in [-0.2, 0) is 24.2 Å². The van der Waals surface area contributed by atoms with Gasteiger partial charge in [-0.15, -0.1) is 11.3 Å². The zero-order chi connectivity index (χ0) is 20.5. The minimum atomic E-state index is -0.311. The average molecular weight is 417 g/mol. The van der Waals surface area contributed by atoms with Gasteiger partial charge in [-0.1, -0.05) is 30.3 Å². The van der Waals surface area contributed by atoms with Crippen LogP contribution < -0.4 is 15.6 Å². The summed E-state index contributed by atoms with van der Waals surface area (Å²) >= 11 is 1.59. The Hall–Kier alpha value is -3.45. The Morgan fingerprint density at radius 2 is 1.90 bits per heavy atom. The molecular formula is C23H19N3O3S. The van der Waals surface area contributed by atoms with Crippen molar-refractivity contribution in [3.8, 4) is 11.5 Å². The van der Waals surface area contributed by atoms with Crippen LogP contribution in [0.2, 0.25) is 0 Å². The summed E-state index contributed by atoms with van der Waals surface area (Å²) in [5.74, 6) is 0.902. The highest BCUT2D eigenvalue weighted by molar-refractivity contribution is 7.18. The summed E-state index contributed by atoms with van der Waals surface area (Å²) in [6.07, 6.45) is 4.45. The molecule has 5 rings (SSSR count). The number of para-hydroxylation sites is 3. The number of hydrogen-bond donors (Lipinski definition) is 1. The van der Waals surface area contributed by atoms with Crippen LogP contribution in [0.4, 0.5) is 5.69 Å². The van der Waals surface area contributed by atoms with Crippen LogP contribution in [0.5, 0.6) is 11.5 Å². The number of amides is 1. The number of anilines is 1. The molecule has 0 aliphatic heterocycles. The van der Waals surface area contributed by atoms with Gasteiger partial charge in [0.15, 0.2) is 5.75 Å². The average Bonchev–Trinajstić information content (AvgIpc) is 3.34. The van der Waals surface area contributed by atoms with E-state index in [1.165, 1.54) is 15.8 Å². The van der Waals surface area contributed by atoms with Gasteiger partial charge < -0.3 is 10.1 Å². The summed E-state index contributed by atoms with van der Waals surface area (Å²) in [7, 11) is 0. The van der Waals surface area contributed by atoms with Gasteiger partial charge in [0.1, 0.15) is 17.1 Å². The second-order valence-corrected chi connectivity index (χ2v) is 8.26. The molecule has 1 aliphatic rings. The molecule has 1 amide bonds. The quantitative estimate of drug-likeness (QED) is 0.523. The van der Waals surface area contributed by atoms with E-state index >= 15 is 0 Å². The van der Waals surface area contributed by atoms with Gasteiger partial charge in [-0.2, -0.15) is 0 Å². The molecule has 4 aromatic rings. The van der Waals surface area contributed by atoms with Crippen LogP contribution >= 0.6 is 11.3 Å². The van der Waals surface area contributed by atoms with Crippen LogP contribution in [0.15, 0.2) is 65.7 Å². The van der Waals surface area contributed by atoms with Crippen molar-refractivity contribution >= 4 is 33.1 Å². The van der Waals surface area contributed by atoms with Crippen molar-refractivity contribution < 1.29 is 9.53 Å². The SMILES string of the molecule is O=C(Cn1cnc2sc3c(c2c1=O)CCC3)Nc1ccccc1Oc1ccccc1. The molecule has 2 heterocycles. The first-order valence-corrected chi connectivity index (χ1v) is 10.6. The standard InChI is InChI=1S/C23H19N3O3S/c27-20(25-17-10-4-5-11-18(17)29-15-7-2-1-3-8-15)13-26-14-24-22-21(23(26)28)16-9-6-12-19(16)30-22/h1-5,7-8,10-11,14H,6,9,12-13H2,(H,25,27). The van der Waals surface area contributed by atoms with Crippen molar-refractivity contribution in [2.75, 3.05) is 5.32 Å². The van der Waals surface area contributed by atoms with E-state index in [9.17, 15) is 9.59 Å². The van der Waals surface area contributed by atoms with Gasteiger partial charge in [-0.3, -0.25) is 14.2 Å². The molecule has 7 heteroatoms. The Morgan fingerprint density at radius 1 is 1.10 bits per heavy atom. The molecule has 0 unspecified atom stereocenters. The number of fused-ring (bicyclic) bond motifs is 3. The number of aromatic nitrogens is 2. The Bertz CT molecular complexity index is 1290. The van der Waals surface area contributed by atoms with E-state index in [2.05, 4.69) is 10.3 Å². The fourth-order valence-corrected chi connectivity index (χ4v) is 4.97. The number of hydrogen-bond acceptors (Lipinski definition) is 5. The third-order valence-corrected chi connectivity index (χ3v) is 6.34. The molecule has 150 valence electrons. The van der Waals surface area contributed by atoms with Gasteiger partial charge in [0.25, 0.3) is 5.56 Å². The van der Waals surface area contributed by atoms with E-state index in [0.717, 1.165) is 29.7 Å². The molecule has 1 aliphatic carbocycles. The zero-order valence-electron chi connectivity index (χ0n) is 16.1. The Labute approximate surface area is 176 Å². The zero-order valence-corrected chi connectivity index (χ0v) is 16.9. The lowest BCUT2D eigenvalue weighted by Gasteiger charge is -2.12. The second kappa shape index (κ2) is 7.76. The molecule has 0 bridgehead atoms. The molecular weight excluding hydrogens is 398 g/mol. The molecule has 6 nitrogen and oxygen atoms in total. The van der Waals surface area contributed by atoms with Crippen molar-refractivity contribution in [1.82, 2.24) is 9.55 Å². The first-order valence-electron chi connectivity index (χ1n) is 9.80. The maximum atomic E-state index is 13.0. The van der Waals surface area contributed by atoms with Gasteiger partial charge in [0.2, 0.25) is 5.91 Å². The van der Waals surface area contributed by atoms with Crippen LogP contribution in [-0.4, -0.2) is 15.5 Å². The lowest BCUT2D eigenvalue weighted by Crippen LogP contribution is -2.28. The smallest absolute Gasteiger partial charge is 0.262 e. The number of carbonyl (C=O) groups is 1. The second-order valence-electron chi connectivity index (χ2n) is 7.17. The molecule has 1 N–H and O–H groups in total. The molecule has 0 saturated carbocycles. The predicted octanol–water partition coefficient (Wildman–Crippen LogP) is 4.38. The lowest BCUT2D eigenvalue weighted by atomic mass is 10.2. The molecule has 2 aromatic carbocycles. The topological polar surface area (TPSA) is 73.2 Å². The monoisotopic (exact) mass is 417 g/mol. The number of benzene rings is 2. The van der Waals surface area contributed by atoms with Crippen LogP contribution in [0.1, 0.15) is 16.9 Å². The molecule has 0 atom stereocenters. The minimum Gasteiger partial charge on any atom is -0.455 e. The maximum absolute atomic E-state index is 13.0. The largest absolute Gasteiger partial charge is 0.455 e. The van der Waals surface area contributed by atoms with E-state index < -0.39 is 0 Å². The van der Waals surface area contributed by atoms with Crippen molar-refractivity contribution in [1.29, 1.82) is 0 Å². The number of thiophene rings is 1. The summed E-state index contributed by atoms with van der Waals surface area (Å²) in [5.41, 5.74) is 1.51. The summed E-state index contributed by atoms with van der Waals surface area (Å²) < 4.78 is 7.27. The molecule has 0 saturated heterocycles. The molecule has 0 spiro atoms. The lowest BCUT2D eigenvalue weighted by molar-refractivity contribution is -0.116. The number of rotatable bonds is 5. The Kier molecular flexibility index (Phi) is 4.80. The van der Waals surface area contributed by atoms with E-state index in [-0.39, 0.29) is 18.0 Å². The van der Waals surface area contributed by atoms with Crippen LogP contribution in [0, 0.1) is 0 Å². The third-order valence-electron chi connectivity index (χ3n) is 5.14. The third kappa shape index (κ3) is 3.48. The van der Waals surface area contributed by atoms with Gasteiger partial charge in [-0.05, 0) is 49.1 Å². The number of nitrogens with one attached hydrogen (secondary N) is 1. The first kappa shape index (κ1) is 18.6. The first-order chi connectivity index (χ1) is 14.7. The summed E-state index contributed by atoms with van der Waals surface area (Å²) in [6.45, 7) is -0.105. The number of aryl methyl sites for hydroxylation is 2. The van der Waals surface area contributed by atoms with Crippen molar-refractivity contribution in [2.24, 2.45) is 0 Å². The Balaban J connectivity index is 1.37. The van der Waals surface area contributed by atoms with Crippen molar-refractivity contribution in [3.05, 3.63) is 81.7 Å². The number of ether oxygens (including phenoxy) is 1. The fraction of sp³-hybridized carbons (Fsp3) is 0.174. The van der Waals surface area contributed by atoms with E-state index in [1.54, 1.807) is 23.5 Å². The Morgan fingerprint density at radius 3 is 2.77 bits per heavy atom. The summed E-state index contributed by atoms with van der Waals surface area (Å²) in [5, 5.41) is 3.53. The summed E-state index contributed by atoms with van der Waals surface area (Å²) in [6, 6.07) is 16.6. The van der Waals surface area contributed by atoms with Crippen molar-refractivity contribution in [2.45, 2.75) is 25.8 Å². The van der Waals surface area contributed by atoms with Gasteiger partial charge in [-0.25, -0.2) is 4.98 Å². The van der Waals surface area contributed by atoms with Gasteiger partial charge >= 0.3 is 0 Å². The van der Waals surface area contributed by atoms with Gasteiger partial charge in [0.05, 0.1) is 17.4 Å². The summed E-state index contributed by atoms with van der Waals surface area (Å²) in [4.78, 5) is 32.1. The molecule has 0 fully saturated rings. The van der Waals surface area contributed by atoms with E-state index in [4.69, 9.17) is 4.74 Å². The molecule has 30 heavy (non-hydrogen) atoms. The molecule has 2 aromatic heterocycles. The van der Waals surface area contributed by atoms with E-state index in [0.29, 0.717) is 22.6 Å². The van der Waals surface area contributed by atoms with Crippen LogP contribution in [0.25, 0.3) is 10.2 Å². The maximum Gasteiger partial charge on any atom is 0.262 e. The van der Waals surface area contributed by atoms with Crippen LogP contribution in [0.3, 0.4) is 0 Å². The van der Waals surface area contributed by atoms with Crippen molar-refractivity contribution in [3.63, 3.8) is 0 Å². The number of carbonyl (C=O) groups excluding carboxylic acids is 1. The normalized spacial score (nSPS) is 12.7. The number of nitrogens with zero attached hydrogens (tertiary/aromatic N) is 2. The fourth-order valence-electron chi connectivity index (χ4n) is 3.75. The van der Waals surface area contributed by atoms with Gasteiger partial charge in [0, 0.05) is 4.88 Å². The highest BCUT2D eigenvalue weighted by atomic mass is 32.1. The minimum absolute atomic E-state index is 0.105. The van der Waals surface area contributed by atoms with E-state index in [1.807, 2.05) is 42.5 Å². The highest BCUT2D eigenvalue weighted by Gasteiger charge is 2.21. The highest BCUT2D eigenvalue weighted by Crippen LogP contribution is 2.34.